The zero-order valence-electron chi connectivity index (χ0n) is 20.1. The lowest BCUT2D eigenvalue weighted by molar-refractivity contribution is -0.135. The Hall–Kier alpha value is -3.39. The van der Waals surface area contributed by atoms with Gasteiger partial charge in [0.25, 0.3) is 0 Å². The number of nitrogens with one attached hydrogen (secondary N) is 3. The third-order valence-corrected chi connectivity index (χ3v) is 6.16. The summed E-state index contributed by atoms with van der Waals surface area (Å²) in [6.07, 6.45) is 2.04. The van der Waals surface area contributed by atoms with E-state index in [2.05, 4.69) is 16.2 Å². The topological polar surface area (TPSA) is 111 Å². The van der Waals surface area contributed by atoms with Gasteiger partial charge in [0.15, 0.2) is 0 Å². The second-order valence-electron chi connectivity index (χ2n) is 8.96. The quantitative estimate of drug-likeness (QED) is 0.422. The van der Waals surface area contributed by atoms with Crippen molar-refractivity contribution in [3.05, 3.63) is 64.7 Å². The van der Waals surface area contributed by atoms with Crippen LogP contribution >= 0.6 is 0 Å². The van der Waals surface area contributed by atoms with Gasteiger partial charge in [-0.25, -0.2) is 5.43 Å². The van der Waals surface area contributed by atoms with Gasteiger partial charge in [-0.15, -0.1) is 0 Å². The van der Waals surface area contributed by atoms with Gasteiger partial charge in [0.05, 0.1) is 0 Å². The predicted octanol–water partition coefficient (Wildman–Crippen LogP) is 1.91. The molecule has 2 atom stereocenters. The van der Waals surface area contributed by atoms with E-state index in [9.17, 15) is 19.5 Å². The first-order valence-electron chi connectivity index (χ1n) is 11.7. The summed E-state index contributed by atoms with van der Waals surface area (Å²) in [5.41, 5.74) is 9.78. The number of rotatable bonds is 9. The maximum atomic E-state index is 13.1. The van der Waals surface area contributed by atoms with Crippen molar-refractivity contribution in [3.8, 4) is 5.75 Å². The summed E-state index contributed by atoms with van der Waals surface area (Å²) in [5.74, 6) is -0.256. The van der Waals surface area contributed by atoms with Crippen LogP contribution in [0.1, 0.15) is 42.0 Å². The van der Waals surface area contributed by atoms with Crippen molar-refractivity contribution in [2.75, 3.05) is 13.1 Å². The molecule has 1 aliphatic heterocycles. The van der Waals surface area contributed by atoms with Gasteiger partial charge in [-0.1, -0.05) is 30.3 Å². The lowest BCUT2D eigenvalue weighted by Crippen LogP contribution is -2.50. The molecule has 3 rings (SSSR count). The fraction of sp³-hybridized carbons (Fsp3) is 0.423. The Bertz CT molecular complexity index is 1000. The monoisotopic (exact) mass is 466 g/mol. The van der Waals surface area contributed by atoms with Crippen molar-refractivity contribution < 1.29 is 19.5 Å². The molecule has 0 radical (unpaired) electrons. The normalized spacial score (nSPS) is 16.2. The van der Waals surface area contributed by atoms with Crippen molar-refractivity contribution in [3.63, 3.8) is 0 Å². The molecule has 1 heterocycles. The number of carbonyl (C=O) groups excluding carboxylic acids is 3. The molecular formula is C26H34N4O4. The van der Waals surface area contributed by atoms with Crippen LogP contribution < -0.4 is 16.2 Å². The smallest absolute Gasteiger partial charge is 0.245 e. The Morgan fingerprint density at radius 1 is 1.12 bits per heavy atom. The number of aromatic hydroxyl groups is 1. The highest BCUT2D eigenvalue weighted by Crippen LogP contribution is 2.22. The summed E-state index contributed by atoms with van der Waals surface area (Å²) >= 11 is 0. The van der Waals surface area contributed by atoms with E-state index >= 15 is 0 Å². The van der Waals surface area contributed by atoms with Crippen LogP contribution in [0.2, 0.25) is 0 Å². The number of phenols is 1. The average molecular weight is 467 g/mol. The fourth-order valence-corrected chi connectivity index (χ4v) is 4.44. The maximum Gasteiger partial charge on any atom is 0.245 e. The molecule has 4 N–H and O–H groups in total. The maximum absolute atomic E-state index is 13.1. The molecule has 8 nitrogen and oxygen atoms in total. The molecular weight excluding hydrogens is 432 g/mol. The largest absolute Gasteiger partial charge is 0.508 e. The summed E-state index contributed by atoms with van der Waals surface area (Å²) in [5, 5.41) is 12.5. The summed E-state index contributed by atoms with van der Waals surface area (Å²) in [6, 6.07) is 12.3. The first-order chi connectivity index (χ1) is 16.2. The van der Waals surface area contributed by atoms with Crippen LogP contribution in [0.4, 0.5) is 0 Å². The van der Waals surface area contributed by atoms with Crippen molar-refractivity contribution in [1.82, 2.24) is 21.1 Å². The zero-order valence-corrected chi connectivity index (χ0v) is 20.1. The van der Waals surface area contributed by atoms with Gasteiger partial charge < -0.3 is 15.3 Å². The van der Waals surface area contributed by atoms with Crippen molar-refractivity contribution >= 4 is 17.7 Å². The van der Waals surface area contributed by atoms with Crippen LogP contribution in [0, 0.1) is 13.8 Å². The van der Waals surface area contributed by atoms with Crippen LogP contribution in [0.5, 0.6) is 5.75 Å². The molecule has 8 heteroatoms. The molecule has 1 saturated heterocycles. The van der Waals surface area contributed by atoms with Gasteiger partial charge in [-0.05, 0) is 61.1 Å². The standard InChI is InChI=1S/C26H34N4O4/c1-17-13-22(32)14-18(2)23(17)9-10-25(33)29-28-21-11-12-30(16-21)26(34)24(27-19(3)31)15-20-7-5-4-6-8-20/h4-8,13-14,21,24,28,32H,9-12,15-16H2,1-3H3,(H,27,31)(H,29,33)/t21?,24-/m0/s1. The zero-order chi connectivity index (χ0) is 24.7. The van der Waals surface area contributed by atoms with Gasteiger partial charge in [0, 0.05) is 38.9 Å². The van der Waals surface area contributed by atoms with E-state index in [4.69, 9.17) is 0 Å². The van der Waals surface area contributed by atoms with Crippen LogP contribution in [-0.4, -0.2) is 52.9 Å². The Balaban J connectivity index is 1.48. The number of hydrogen-bond acceptors (Lipinski definition) is 5. The molecule has 2 aromatic rings. The molecule has 1 fully saturated rings. The van der Waals surface area contributed by atoms with Crippen LogP contribution in [0.15, 0.2) is 42.5 Å². The van der Waals surface area contributed by atoms with Crippen LogP contribution in [0.3, 0.4) is 0 Å². The number of amides is 3. The first kappa shape index (κ1) is 25.2. The number of carbonyl (C=O) groups is 3. The average Bonchev–Trinajstić information content (AvgIpc) is 3.25. The Morgan fingerprint density at radius 3 is 2.44 bits per heavy atom. The van der Waals surface area contributed by atoms with E-state index < -0.39 is 6.04 Å². The lowest BCUT2D eigenvalue weighted by Gasteiger charge is -2.24. The highest BCUT2D eigenvalue weighted by Gasteiger charge is 2.31. The predicted molar refractivity (Wildman–Crippen MR) is 130 cm³/mol. The molecule has 0 aromatic heterocycles. The molecule has 1 aliphatic rings. The minimum atomic E-state index is -0.620. The van der Waals surface area contributed by atoms with Crippen molar-refractivity contribution in [2.45, 2.75) is 58.5 Å². The number of likely N-dealkylation sites (tertiary alicyclic amines) is 1. The molecule has 1 unspecified atom stereocenters. The van der Waals surface area contributed by atoms with E-state index in [1.807, 2.05) is 44.2 Å². The van der Waals surface area contributed by atoms with Crippen molar-refractivity contribution in [1.29, 1.82) is 0 Å². The molecule has 2 aromatic carbocycles. The number of hydrogen-bond donors (Lipinski definition) is 4. The third kappa shape index (κ3) is 7.05. The Kier molecular flexibility index (Phi) is 8.65. The molecule has 34 heavy (non-hydrogen) atoms. The SMILES string of the molecule is CC(=O)N[C@@H](Cc1ccccc1)C(=O)N1CCC(NNC(=O)CCc2c(C)cc(O)cc2C)C1. The van der Waals surface area contributed by atoms with Gasteiger partial charge in [0.1, 0.15) is 11.8 Å². The second-order valence-corrected chi connectivity index (χ2v) is 8.96. The Labute approximate surface area is 200 Å². The Morgan fingerprint density at radius 2 is 1.79 bits per heavy atom. The second kappa shape index (κ2) is 11.7. The number of nitrogens with zero attached hydrogens (tertiary/aromatic N) is 1. The van der Waals surface area contributed by atoms with E-state index in [1.54, 1.807) is 17.0 Å². The molecule has 182 valence electrons. The van der Waals surface area contributed by atoms with Crippen LogP contribution in [-0.2, 0) is 27.2 Å². The number of benzene rings is 2. The minimum absolute atomic E-state index is 0.0558. The van der Waals surface area contributed by atoms with Gasteiger partial charge in [-0.3, -0.25) is 19.8 Å². The number of hydrazine groups is 1. The molecule has 0 aliphatic carbocycles. The van der Waals surface area contributed by atoms with E-state index in [1.165, 1.54) is 6.92 Å². The third-order valence-electron chi connectivity index (χ3n) is 6.16. The van der Waals surface area contributed by atoms with E-state index in [0.717, 1.165) is 22.3 Å². The van der Waals surface area contributed by atoms with E-state index in [0.29, 0.717) is 38.8 Å². The fourth-order valence-electron chi connectivity index (χ4n) is 4.44. The summed E-state index contributed by atoms with van der Waals surface area (Å²) in [6.45, 7) is 6.28. The highest BCUT2D eigenvalue weighted by molar-refractivity contribution is 5.87. The van der Waals surface area contributed by atoms with Crippen LogP contribution in [0.25, 0.3) is 0 Å². The number of phenolic OH excluding ortho intramolecular Hbond substituents is 1. The lowest BCUT2D eigenvalue weighted by atomic mass is 9.98. The summed E-state index contributed by atoms with van der Waals surface area (Å²) < 4.78 is 0. The van der Waals surface area contributed by atoms with Crippen molar-refractivity contribution in [2.24, 2.45) is 0 Å². The minimum Gasteiger partial charge on any atom is -0.508 e. The number of aryl methyl sites for hydroxylation is 2. The van der Waals surface area contributed by atoms with Gasteiger partial charge >= 0.3 is 0 Å². The van der Waals surface area contributed by atoms with Gasteiger partial charge in [0.2, 0.25) is 17.7 Å². The van der Waals surface area contributed by atoms with E-state index in [-0.39, 0.29) is 29.5 Å². The summed E-state index contributed by atoms with van der Waals surface area (Å²) in [4.78, 5) is 38.9. The molecule has 3 amide bonds. The molecule has 0 saturated carbocycles. The molecule has 0 bridgehead atoms. The highest BCUT2D eigenvalue weighted by atomic mass is 16.3. The molecule has 0 spiro atoms. The van der Waals surface area contributed by atoms with Gasteiger partial charge in [-0.2, -0.15) is 0 Å². The first-order valence-corrected chi connectivity index (χ1v) is 11.7. The summed E-state index contributed by atoms with van der Waals surface area (Å²) in [7, 11) is 0.